The van der Waals surface area contributed by atoms with Crippen molar-refractivity contribution in [3.8, 4) is 5.75 Å². The number of ether oxygens (including phenoxy) is 1. The van der Waals surface area contributed by atoms with Crippen molar-refractivity contribution in [2.24, 2.45) is 0 Å². The van der Waals surface area contributed by atoms with Gasteiger partial charge in [0.15, 0.2) is 0 Å². The van der Waals surface area contributed by atoms with Gasteiger partial charge in [-0.3, -0.25) is 0 Å². The van der Waals surface area contributed by atoms with Crippen LogP contribution < -0.4 is 4.74 Å². The second-order valence-electron chi connectivity index (χ2n) is 4.12. The molecule has 0 aliphatic heterocycles. The molecule has 0 amide bonds. The van der Waals surface area contributed by atoms with Gasteiger partial charge in [0.25, 0.3) is 0 Å². The molecule has 0 aliphatic rings. The van der Waals surface area contributed by atoms with E-state index in [1.54, 1.807) is 6.07 Å². The number of halogens is 4. The van der Waals surface area contributed by atoms with Crippen molar-refractivity contribution in [2.75, 3.05) is 6.61 Å². The van der Waals surface area contributed by atoms with Gasteiger partial charge in [-0.2, -0.15) is 0 Å². The molecule has 2 aromatic rings. The number of benzene rings is 2. The van der Waals surface area contributed by atoms with E-state index in [0.29, 0.717) is 22.4 Å². The van der Waals surface area contributed by atoms with Crippen molar-refractivity contribution in [2.45, 2.75) is 11.8 Å². The average Bonchev–Trinajstić information content (AvgIpc) is 2.42. The molecule has 0 saturated heterocycles. The first-order valence-electron chi connectivity index (χ1n) is 6.04. The number of rotatable bonds is 4. The highest BCUT2D eigenvalue weighted by molar-refractivity contribution is 14.1. The van der Waals surface area contributed by atoms with Gasteiger partial charge in [-0.05, 0) is 52.8 Å². The van der Waals surface area contributed by atoms with Crippen LogP contribution >= 0.6 is 61.7 Å². The van der Waals surface area contributed by atoms with Gasteiger partial charge in [0.05, 0.1) is 16.5 Å². The van der Waals surface area contributed by atoms with Crippen molar-refractivity contribution < 1.29 is 4.74 Å². The number of hydrogen-bond acceptors (Lipinski definition) is 1. The molecule has 0 heterocycles. The molecular weight excluding hydrogens is 474 g/mol. The fourth-order valence-corrected chi connectivity index (χ4v) is 4.38. The monoisotopic (exact) mass is 484 g/mol. The second kappa shape index (κ2) is 7.34. The molecule has 0 saturated carbocycles. The maximum Gasteiger partial charge on any atom is 0.139 e. The molecule has 0 spiro atoms. The highest BCUT2D eigenvalue weighted by Crippen LogP contribution is 2.41. The molecular formula is C15H12BrCl2IO. The van der Waals surface area contributed by atoms with Crippen LogP contribution in [0.4, 0.5) is 0 Å². The second-order valence-corrected chi connectivity index (χ2v) is 7.01. The molecule has 5 heteroatoms. The van der Waals surface area contributed by atoms with E-state index < -0.39 is 0 Å². The van der Waals surface area contributed by atoms with Crippen LogP contribution in [-0.2, 0) is 0 Å². The van der Waals surface area contributed by atoms with Gasteiger partial charge in [0, 0.05) is 14.7 Å². The summed E-state index contributed by atoms with van der Waals surface area (Å²) >= 11 is 18.6. The predicted molar refractivity (Wildman–Crippen MR) is 97.6 cm³/mol. The van der Waals surface area contributed by atoms with E-state index in [-0.39, 0.29) is 4.83 Å². The van der Waals surface area contributed by atoms with Crippen molar-refractivity contribution in [3.63, 3.8) is 0 Å². The topological polar surface area (TPSA) is 9.23 Å². The Kier molecular flexibility index (Phi) is 6.02. The van der Waals surface area contributed by atoms with Crippen LogP contribution in [0.15, 0.2) is 36.4 Å². The van der Waals surface area contributed by atoms with Crippen LogP contribution in [0.2, 0.25) is 10.0 Å². The third-order valence-electron chi connectivity index (χ3n) is 2.80. The Morgan fingerprint density at radius 3 is 2.50 bits per heavy atom. The Morgan fingerprint density at radius 2 is 1.85 bits per heavy atom. The predicted octanol–water partition coefficient (Wildman–Crippen LogP) is 6.48. The van der Waals surface area contributed by atoms with Crippen molar-refractivity contribution in [1.82, 2.24) is 0 Å². The molecule has 0 aliphatic carbocycles. The highest BCUT2D eigenvalue weighted by atomic mass is 127. The largest absolute Gasteiger partial charge is 0.492 e. The summed E-state index contributed by atoms with van der Waals surface area (Å²) in [6.45, 7) is 2.47. The van der Waals surface area contributed by atoms with Gasteiger partial charge in [-0.15, -0.1) is 0 Å². The molecule has 1 atom stereocenters. The fourth-order valence-electron chi connectivity index (χ4n) is 1.85. The molecule has 0 N–H and O–H groups in total. The molecule has 1 nitrogen and oxygen atoms in total. The normalized spacial score (nSPS) is 12.2. The maximum atomic E-state index is 6.36. The lowest BCUT2D eigenvalue weighted by Crippen LogP contribution is -1.99. The first-order chi connectivity index (χ1) is 9.54. The zero-order valence-electron chi connectivity index (χ0n) is 10.7. The van der Waals surface area contributed by atoms with Crippen molar-refractivity contribution >= 4 is 61.7 Å². The van der Waals surface area contributed by atoms with Gasteiger partial charge in [-0.25, -0.2) is 0 Å². The Labute approximate surface area is 150 Å². The third kappa shape index (κ3) is 3.62. The Morgan fingerprint density at radius 1 is 1.15 bits per heavy atom. The van der Waals surface area contributed by atoms with Crippen molar-refractivity contribution in [3.05, 3.63) is 61.1 Å². The van der Waals surface area contributed by atoms with Crippen molar-refractivity contribution in [1.29, 1.82) is 0 Å². The minimum absolute atomic E-state index is 0.00345. The molecule has 1 unspecified atom stereocenters. The lowest BCUT2D eigenvalue weighted by atomic mass is 10.0. The summed E-state index contributed by atoms with van der Waals surface area (Å²) in [5.74, 6) is 0.616. The number of alkyl halides is 1. The smallest absolute Gasteiger partial charge is 0.139 e. The van der Waals surface area contributed by atoms with E-state index in [4.69, 9.17) is 27.9 Å². The molecule has 0 bridgehead atoms. The van der Waals surface area contributed by atoms with Gasteiger partial charge >= 0.3 is 0 Å². The van der Waals surface area contributed by atoms with Crippen LogP contribution in [0.1, 0.15) is 22.9 Å². The Bertz CT molecular complexity index is 619. The highest BCUT2D eigenvalue weighted by Gasteiger charge is 2.18. The SMILES string of the molecule is CCOc1cc(Cl)c(C(Br)c2ccccc2I)cc1Cl. The van der Waals surface area contributed by atoms with E-state index in [0.717, 1.165) is 11.1 Å². The van der Waals surface area contributed by atoms with Crippen LogP contribution in [0.25, 0.3) is 0 Å². The molecule has 2 aromatic carbocycles. The van der Waals surface area contributed by atoms with E-state index in [1.807, 2.05) is 25.1 Å². The van der Waals surface area contributed by atoms with Gasteiger partial charge in [0.2, 0.25) is 0 Å². The quantitative estimate of drug-likeness (QED) is 0.355. The average molecular weight is 486 g/mol. The lowest BCUT2D eigenvalue weighted by Gasteiger charge is -2.16. The summed E-state index contributed by atoms with van der Waals surface area (Å²) in [4.78, 5) is -0.00345. The molecule has 0 aromatic heterocycles. The summed E-state index contributed by atoms with van der Waals surface area (Å²) in [5, 5.41) is 1.21. The molecule has 0 radical (unpaired) electrons. The molecule has 20 heavy (non-hydrogen) atoms. The van der Waals surface area contributed by atoms with E-state index in [1.165, 1.54) is 3.57 Å². The summed E-state index contributed by atoms with van der Waals surface area (Å²) < 4.78 is 6.62. The maximum absolute atomic E-state index is 6.36. The third-order valence-corrected chi connectivity index (χ3v) is 5.39. The van der Waals surface area contributed by atoms with Crippen LogP contribution in [0.5, 0.6) is 5.75 Å². The van der Waals surface area contributed by atoms with Crippen LogP contribution in [-0.4, -0.2) is 6.61 Å². The van der Waals surface area contributed by atoms with Crippen LogP contribution in [0.3, 0.4) is 0 Å². The minimum Gasteiger partial charge on any atom is -0.492 e. The first-order valence-corrected chi connectivity index (χ1v) is 8.79. The summed E-state index contributed by atoms with van der Waals surface area (Å²) in [5.41, 5.74) is 2.10. The summed E-state index contributed by atoms with van der Waals surface area (Å²) in [6, 6.07) is 11.8. The Hall–Kier alpha value is 0.0300. The zero-order chi connectivity index (χ0) is 14.7. The van der Waals surface area contributed by atoms with E-state index >= 15 is 0 Å². The van der Waals surface area contributed by atoms with Gasteiger partial charge in [-0.1, -0.05) is 57.3 Å². The number of hydrogen-bond donors (Lipinski definition) is 0. The Balaban J connectivity index is 2.43. The van der Waals surface area contributed by atoms with Crippen LogP contribution in [0, 0.1) is 3.57 Å². The minimum atomic E-state index is -0.00345. The zero-order valence-corrected chi connectivity index (χ0v) is 15.9. The first kappa shape index (κ1) is 16.4. The fraction of sp³-hybridized carbons (Fsp3) is 0.200. The summed E-state index contributed by atoms with van der Waals surface area (Å²) in [6.07, 6.45) is 0. The standard InChI is InChI=1S/C15H12BrCl2IO/c1-2-20-14-8-11(17)10(7-12(14)18)15(16)9-5-3-4-6-13(9)19/h3-8,15H,2H2,1H3. The van der Waals surface area contributed by atoms with E-state index in [2.05, 4.69) is 50.7 Å². The molecule has 2 rings (SSSR count). The summed E-state index contributed by atoms with van der Waals surface area (Å²) in [7, 11) is 0. The molecule has 0 fully saturated rings. The van der Waals surface area contributed by atoms with E-state index in [9.17, 15) is 0 Å². The lowest BCUT2D eigenvalue weighted by molar-refractivity contribution is 0.340. The molecule has 106 valence electrons. The van der Waals surface area contributed by atoms with Gasteiger partial charge in [0.1, 0.15) is 5.75 Å². The van der Waals surface area contributed by atoms with Gasteiger partial charge < -0.3 is 4.74 Å².